The maximum absolute atomic E-state index is 12.6. The molecule has 2 aromatic carbocycles. The predicted octanol–water partition coefficient (Wildman–Crippen LogP) is 3.70. The van der Waals surface area contributed by atoms with E-state index in [9.17, 15) is 4.79 Å². The molecule has 0 bridgehead atoms. The minimum atomic E-state index is 0.0665. The van der Waals surface area contributed by atoms with Crippen molar-refractivity contribution in [1.82, 2.24) is 4.90 Å². The number of hydrogen-bond acceptors (Lipinski definition) is 3. The summed E-state index contributed by atoms with van der Waals surface area (Å²) in [5.74, 6) is 0.856. The summed E-state index contributed by atoms with van der Waals surface area (Å²) in [5, 5.41) is 0.754. The zero-order valence-corrected chi connectivity index (χ0v) is 14.5. The van der Waals surface area contributed by atoms with Gasteiger partial charge in [-0.05, 0) is 43.3 Å². The number of anilines is 1. The highest BCUT2D eigenvalue weighted by Gasteiger charge is 2.23. The van der Waals surface area contributed by atoms with Gasteiger partial charge in [0.1, 0.15) is 5.75 Å². The highest BCUT2D eigenvalue weighted by molar-refractivity contribution is 6.33. The monoisotopic (exact) mass is 344 g/mol. The fraction of sp³-hybridized carbons (Fsp3) is 0.316. The maximum Gasteiger partial charge on any atom is 0.253 e. The molecule has 2 aromatic rings. The van der Waals surface area contributed by atoms with Gasteiger partial charge in [0.05, 0.1) is 17.3 Å². The smallest absolute Gasteiger partial charge is 0.253 e. The van der Waals surface area contributed by atoms with E-state index in [1.807, 2.05) is 60.4 Å². The molecule has 0 N–H and O–H groups in total. The number of carbonyl (C=O) groups is 1. The van der Waals surface area contributed by atoms with Crippen LogP contribution in [0.1, 0.15) is 17.3 Å². The molecular formula is C19H21ClN2O2. The summed E-state index contributed by atoms with van der Waals surface area (Å²) in [6.07, 6.45) is 0. The third-order valence-electron chi connectivity index (χ3n) is 4.17. The number of amides is 1. The van der Waals surface area contributed by atoms with Crippen molar-refractivity contribution < 1.29 is 9.53 Å². The quantitative estimate of drug-likeness (QED) is 0.847. The molecule has 4 nitrogen and oxygen atoms in total. The zero-order valence-electron chi connectivity index (χ0n) is 13.7. The Morgan fingerprint density at radius 3 is 2.33 bits per heavy atom. The summed E-state index contributed by atoms with van der Waals surface area (Å²) in [5.41, 5.74) is 1.73. The molecule has 1 heterocycles. The minimum Gasteiger partial charge on any atom is -0.494 e. The van der Waals surface area contributed by atoms with Gasteiger partial charge in [-0.25, -0.2) is 0 Å². The minimum absolute atomic E-state index is 0.0665. The summed E-state index contributed by atoms with van der Waals surface area (Å²) in [6, 6.07) is 15.2. The fourth-order valence-corrected chi connectivity index (χ4v) is 3.16. The number of rotatable bonds is 4. The van der Waals surface area contributed by atoms with Crippen molar-refractivity contribution in [3.63, 3.8) is 0 Å². The molecule has 24 heavy (non-hydrogen) atoms. The first-order valence-corrected chi connectivity index (χ1v) is 8.58. The summed E-state index contributed by atoms with van der Waals surface area (Å²) in [7, 11) is 0. The molecule has 126 valence electrons. The first kappa shape index (κ1) is 16.7. The van der Waals surface area contributed by atoms with E-state index in [0.29, 0.717) is 25.3 Å². The second kappa shape index (κ2) is 7.58. The second-order valence-corrected chi connectivity index (χ2v) is 6.10. The van der Waals surface area contributed by atoms with Gasteiger partial charge in [-0.2, -0.15) is 0 Å². The summed E-state index contributed by atoms with van der Waals surface area (Å²) < 4.78 is 5.42. The van der Waals surface area contributed by atoms with Gasteiger partial charge >= 0.3 is 0 Å². The third-order valence-corrected chi connectivity index (χ3v) is 4.49. The molecule has 1 aliphatic heterocycles. The molecule has 0 radical (unpaired) electrons. The van der Waals surface area contributed by atoms with Gasteiger partial charge in [0, 0.05) is 31.7 Å². The highest BCUT2D eigenvalue weighted by Crippen LogP contribution is 2.26. The normalized spacial score (nSPS) is 14.6. The van der Waals surface area contributed by atoms with Crippen LogP contribution in [0.25, 0.3) is 0 Å². The molecule has 1 saturated heterocycles. The van der Waals surface area contributed by atoms with Gasteiger partial charge in [0.15, 0.2) is 0 Å². The molecule has 1 aliphatic rings. The van der Waals surface area contributed by atoms with E-state index in [4.69, 9.17) is 16.3 Å². The zero-order chi connectivity index (χ0) is 16.9. The molecule has 0 aliphatic carbocycles. The van der Waals surface area contributed by atoms with E-state index in [1.165, 1.54) is 0 Å². The number of para-hydroxylation sites is 1. The predicted molar refractivity (Wildman–Crippen MR) is 97.2 cm³/mol. The van der Waals surface area contributed by atoms with Gasteiger partial charge in [0.2, 0.25) is 0 Å². The van der Waals surface area contributed by atoms with Crippen molar-refractivity contribution in [1.29, 1.82) is 0 Å². The standard InChI is InChI=1S/C19H21ClN2O2/c1-2-24-16-9-7-15(8-10-16)19(23)22-13-11-21(12-14-22)18-6-4-3-5-17(18)20/h3-10H,2,11-14H2,1H3. The SMILES string of the molecule is CCOc1ccc(C(=O)N2CCN(c3ccccc3Cl)CC2)cc1. The van der Waals surface area contributed by atoms with Crippen molar-refractivity contribution >= 4 is 23.2 Å². The molecule has 1 amide bonds. The van der Waals surface area contributed by atoms with Gasteiger partial charge in [-0.1, -0.05) is 23.7 Å². The lowest BCUT2D eigenvalue weighted by Gasteiger charge is -2.36. The van der Waals surface area contributed by atoms with Gasteiger partial charge in [0.25, 0.3) is 5.91 Å². The van der Waals surface area contributed by atoms with Crippen LogP contribution >= 0.6 is 11.6 Å². The average Bonchev–Trinajstić information content (AvgIpc) is 2.63. The maximum atomic E-state index is 12.6. The highest BCUT2D eigenvalue weighted by atomic mass is 35.5. The van der Waals surface area contributed by atoms with Crippen LogP contribution in [0.4, 0.5) is 5.69 Å². The third kappa shape index (κ3) is 3.65. The number of nitrogens with zero attached hydrogens (tertiary/aromatic N) is 2. The summed E-state index contributed by atoms with van der Waals surface area (Å²) in [4.78, 5) is 16.7. The lowest BCUT2D eigenvalue weighted by atomic mass is 10.1. The molecule has 0 spiro atoms. The van der Waals surface area contributed by atoms with Crippen molar-refractivity contribution in [2.24, 2.45) is 0 Å². The summed E-state index contributed by atoms with van der Waals surface area (Å²) in [6.45, 7) is 5.52. The van der Waals surface area contributed by atoms with E-state index in [0.717, 1.165) is 29.5 Å². The first-order chi connectivity index (χ1) is 11.7. The molecule has 5 heteroatoms. The van der Waals surface area contributed by atoms with Gasteiger partial charge in [-0.3, -0.25) is 4.79 Å². The van der Waals surface area contributed by atoms with Crippen LogP contribution in [0.15, 0.2) is 48.5 Å². The number of hydrogen-bond donors (Lipinski definition) is 0. The second-order valence-electron chi connectivity index (χ2n) is 5.69. The van der Waals surface area contributed by atoms with Crippen molar-refractivity contribution in [2.45, 2.75) is 6.92 Å². The Bertz CT molecular complexity index is 695. The number of carbonyl (C=O) groups excluding carboxylic acids is 1. The molecule has 0 aromatic heterocycles. The number of ether oxygens (including phenoxy) is 1. The van der Waals surface area contributed by atoms with E-state index in [-0.39, 0.29) is 5.91 Å². The van der Waals surface area contributed by atoms with Crippen molar-refractivity contribution in [2.75, 3.05) is 37.7 Å². The van der Waals surface area contributed by atoms with Crippen LogP contribution in [-0.2, 0) is 0 Å². The van der Waals surface area contributed by atoms with E-state index >= 15 is 0 Å². The lowest BCUT2D eigenvalue weighted by Crippen LogP contribution is -2.48. The van der Waals surface area contributed by atoms with Crippen LogP contribution in [-0.4, -0.2) is 43.6 Å². The molecule has 0 unspecified atom stereocenters. The number of benzene rings is 2. The van der Waals surface area contributed by atoms with E-state index in [1.54, 1.807) is 0 Å². The Morgan fingerprint density at radius 1 is 1.04 bits per heavy atom. The Hall–Kier alpha value is -2.20. The van der Waals surface area contributed by atoms with Crippen molar-refractivity contribution in [3.8, 4) is 5.75 Å². The number of piperazine rings is 1. The average molecular weight is 345 g/mol. The largest absolute Gasteiger partial charge is 0.494 e. The van der Waals surface area contributed by atoms with E-state index < -0.39 is 0 Å². The van der Waals surface area contributed by atoms with Gasteiger partial charge < -0.3 is 14.5 Å². The molecule has 0 saturated carbocycles. The van der Waals surface area contributed by atoms with Crippen LogP contribution in [0.3, 0.4) is 0 Å². The Kier molecular flexibility index (Phi) is 5.26. The molecule has 1 fully saturated rings. The lowest BCUT2D eigenvalue weighted by molar-refractivity contribution is 0.0747. The van der Waals surface area contributed by atoms with Crippen LogP contribution in [0, 0.1) is 0 Å². The molecule has 0 atom stereocenters. The molecule has 3 rings (SSSR count). The molecular weight excluding hydrogens is 324 g/mol. The first-order valence-electron chi connectivity index (χ1n) is 8.20. The summed E-state index contributed by atoms with van der Waals surface area (Å²) >= 11 is 6.26. The Labute approximate surface area is 147 Å². The Morgan fingerprint density at radius 2 is 1.71 bits per heavy atom. The Balaban J connectivity index is 1.62. The van der Waals surface area contributed by atoms with E-state index in [2.05, 4.69) is 4.90 Å². The van der Waals surface area contributed by atoms with Crippen molar-refractivity contribution in [3.05, 3.63) is 59.1 Å². The van der Waals surface area contributed by atoms with Crippen LogP contribution in [0.5, 0.6) is 5.75 Å². The fourth-order valence-electron chi connectivity index (χ4n) is 2.90. The topological polar surface area (TPSA) is 32.8 Å². The van der Waals surface area contributed by atoms with Crippen LogP contribution < -0.4 is 9.64 Å². The van der Waals surface area contributed by atoms with Crippen LogP contribution in [0.2, 0.25) is 5.02 Å². The van der Waals surface area contributed by atoms with Gasteiger partial charge in [-0.15, -0.1) is 0 Å². The number of halogens is 1.